The number of carbonyl (C=O) groups is 1. The number of likely N-dealkylation sites (tertiary alicyclic amines) is 1. The van der Waals surface area contributed by atoms with Crippen LogP contribution in [0.4, 0.5) is 0 Å². The van der Waals surface area contributed by atoms with Crippen LogP contribution in [0.5, 0.6) is 0 Å². The number of aryl methyl sites for hydroxylation is 1. The number of amides is 1. The van der Waals surface area contributed by atoms with Crippen LogP contribution in [0.1, 0.15) is 42.1 Å². The highest BCUT2D eigenvalue weighted by molar-refractivity contribution is 6.29. The van der Waals surface area contributed by atoms with Crippen molar-refractivity contribution in [1.29, 1.82) is 0 Å². The molecule has 0 bridgehead atoms. The number of hydrogen-bond donors (Lipinski definition) is 1. The summed E-state index contributed by atoms with van der Waals surface area (Å²) >= 11 is 5.93. The van der Waals surface area contributed by atoms with Crippen LogP contribution in [0.25, 0.3) is 0 Å². The van der Waals surface area contributed by atoms with Gasteiger partial charge in [0.1, 0.15) is 0 Å². The average molecular weight is 323 g/mol. The van der Waals surface area contributed by atoms with Crippen molar-refractivity contribution in [1.82, 2.24) is 20.0 Å². The second kappa shape index (κ2) is 6.52. The molecular weight excluding hydrogens is 304 g/mol. The number of aromatic nitrogens is 3. The van der Waals surface area contributed by atoms with Crippen molar-refractivity contribution in [3.63, 3.8) is 0 Å². The maximum atomic E-state index is 12.3. The fourth-order valence-corrected chi connectivity index (χ4v) is 3.23. The number of piperidine rings is 1. The lowest BCUT2D eigenvalue weighted by molar-refractivity contribution is -0.132. The van der Waals surface area contributed by atoms with E-state index < -0.39 is 0 Å². The summed E-state index contributed by atoms with van der Waals surface area (Å²) in [5, 5.41) is 4.10. The topological polar surface area (TPSA) is 75.0 Å². The van der Waals surface area contributed by atoms with Crippen LogP contribution in [0.15, 0.2) is 17.0 Å². The van der Waals surface area contributed by atoms with Crippen molar-refractivity contribution >= 4 is 17.5 Å². The first kappa shape index (κ1) is 15.1. The number of carbonyl (C=O) groups excluding carboxylic acids is 1. The Labute approximate surface area is 133 Å². The third-order valence-corrected chi connectivity index (χ3v) is 4.63. The monoisotopic (exact) mass is 322 g/mol. The minimum absolute atomic E-state index is 0.166. The molecule has 0 spiro atoms. The van der Waals surface area contributed by atoms with E-state index in [1.54, 1.807) is 6.33 Å². The largest absolute Gasteiger partial charge is 0.348 e. The summed E-state index contributed by atoms with van der Waals surface area (Å²) in [5.41, 5.74) is 2.76. The molecule has 3 heterocycles. The number of rotatable bonds is 4. The molecule has 0 saturated carbocycles. The molecule has 118 valence electrons. The lowest BCUT2D eigenvalue weighted by Gasteiger charge is -2.31. The summed E-state index contributed by atoms with van der Waals surface area (Å²) < 4.78 is 4.91. The summed E-state index contributed by atoms with van der Waals surface area (Å²) in [4.78, 5) is 21.5. The molecule has 0 atom stereocenters. The van der Waals surface area contributed by atoms with Gasteiger partial charge in [0.05, 0.1) is 12.0 Å². The zero-order valence-corrected chi connectivity index (χ0v) is 13.3. The molecule has 0 aliphatic carbocycles. The van der Waals surface area contributed by atoms with Crippen LogP contribution in [-0.4, -0.2) is 39.0 Å². The van der Waals surface area contributed by atoms with Crippen molar-refractivity contribution in [3.05, 3.63) is 34.7 Å². The molecule has 7 heteroatoms. The summed E-state index contributed by atoms with van der Waals surface area (Å²) in [6, 6.07) is 0. The summed E-state index contributed by atoms with van der Waals surface area (Å²) in [6.45, 7) is 3.42. The Bertz CT molecular complexity index is 611. The highest BCUT2D eigenvalue weighted by Crippen LogP contribution is 2.27. The molecule has 1 amide bonds. The first-order valence-electron chi connectivity index (χ1n) is 7.52. The van der Waals surface area contributed by atoms with Gasteiger partial charge in [0.25, 0.3) is 0 Å². The Morgan fingerprint density at radius 3 is 2.86 bits per heavy atom. The summed E-state index contributed by atoms with van der Waals surface area (Å²) in [6.07, 6.45) is 6.54. The normalized spacial score (nSPS) is 16.2. The Balaban J connectivity index is 1.50. The highest BCUT2D eigenvalue weighted by Gasteiger charge is 2.24. The van der Waals surface area contributed by atoms with Gasteiger partial charge in [-0.3, -0.25) is 4.79 Å². The first-order chi connectivity index (χ1) is 10.6. The van der Waals surface area contributed by atoms with Gasteiger partial charge in [0.2, 0.25) is 11.1 Å². The van der Waals surface area contributed by atoms with E-state index in [1.165, 1.54) is 5.69 Å². The molecule has 1 N–H and O–H groups in total. The van der Waals surface area contributed by atoms with E-state index in [9.17, 15) is 4.79 Å². The molecule has 1 fully saturated rings. The number of aromatic amines is 1. The van der Waals surface area contributed by atoms with Gasteiger partial charge >= 0.3 is 0 Å². The van der Waals surface area contributed by atoms with Gasteiger partial charge in [0.15, 0.2) is 0 Å². The number of H-pyrrole nitrogens is 1. The fraction of sp³-hybridized carbons (Fsp3) is 0.533. The fourth-order valence-electron chi connectivity index (χ4n) is 2.96. The molecule has 3 rings (SSSR count). The van der Waals surface area contributed by atoms with Crippen LogP contribution in [0.2, 0.25) is 5.22 Å². The number of halogens is 1. The lowest BCUT2D eigenvalue weighted by atomic mass is 9.94. The maximum absolute atomic E-state index is 12.3. The van der Waals surface area contributed by atoms with Gasteiger partial charge < -0.3 is 14.4 Å². The van der Waals surface area contributed by atoms with Gasteiger partial charge in [-0.1, -0.05) is 5.16 Å². The molecule has 2 aromatic heterocycles. The number of nitrogens with zero attached hydrogens (tertiary/aromatic N) is 3. The molecule has 22 heavy (non-hydrogen) atoms. The molecule has 0 radical (unpaired) electrons. The van der Waals surface area contributed by atoms with Gasteiger partial charge in [-0.05, 0) is 37.8 Å². The second-order valence-corrected chi connectivity index (χ2v) is 6.03. The average Bonchev–Trinajstić information content (AvgIpc) is 3.17. The zero-order chi connectivity index (χ0) is 15.5. The summed E-state index contributed by atoms with van der Waals surface area (Å²) in [7, 11) is 0. The van der Waals surface area contributed by atoms with E-state index >= 15 is 0 Å². The SMILES string of the molecule is Cc1noc(Cl)c1CCC(=O)N1CCC(c2cnc[nH]2)CC1. The van der Waals surface area contributed by atoms with Crippen molar-refractivity contribution in [2.75, 3.05) is 13.1 Å². The highest BCUT2D eigenvalue weighted by atomic mass is 35.5. The minimum Gasteiger partial charge on any atom is -0.348 e. The quantitative estimate of drug-likeness (QED) is 0.939. The molecule has 1 aliphatic heterocycles. The Morgan fingerprint density at radius 2 is 2.27 bits per heavy atom. The Kier molecular flexibility index (Phi) is 4.47. The van der Waals surface area contributed by atoms with E-state index in [1.807, 2.05) is 18.0 Å². The number of hydrogen-bond acceptors (Lipinski definition) is 4. The third-order valence-electron chi connectivity index (χ3n) is 4.33. The first-order valence-corrected chi connectivity index (χ1v) is 7.89. The second-order valence-electron chi connectivity index (χ2n) is 5.68. The predicted octanol–water partition coefficient (Wildman–Crippen LogP) is 2.70. The van der Waals surface area contributed by atoms with Crippen LogP contribution in [0.3, 0.4) is 0 Å². The van der Waals surface area contributed by atoms with E-state index in [2.05, 4.69) is 15.1 Å². The van der Waals surface area contributed by atoms with E-state index in [0.29, 0.717) is 24.0 Å². The van der Waals surface area contributed by atoms with Gasteiger partial charge in [-0.15, -0.1) is 0 Å². The van der Waals surface area contributed by atoms with E-state index in [-0.39, 0.29) is 5.91 Å². The molecule has 2 aromatic rings. The van der Waals surface area contributed by atoms with E-state index in [0.717, 1.165) is 37.2 Å². The standard InChI is InChI=1S/C15H19ClN4O2/c1-10-12(15(16)22-19-10)2-3-14(21)20-6-4-11(5-7-20)13-8-17-9-18-13/h8-9,11H,2-7H2,1H3,(H,17,18). The zero-order valence-electron chi connectivity index (χ0n) is 12.5. The van der Waals surface area contributed by atoms with Crippen molar-refractivity contribution in [2.24, 2.45) is 0 Å². The van der Waals surface area contributed by atoms with Crippen molar-refractivity contribution < 1.29 is 9.32 Å². The Morgan fingerprint density at radius 1 is 1.50 bits per heavy atom. The van der Waals surface area contributed by atoms with Crippen LogP contribution in [-0.2, 0) is 11.2 Å². The lowest BCUT2D eigenvalue weighted by Crippen LogP contribution is -2.38. The molecule has 0 aromatic carbocycles. The minimum atomic E-state index is 0.166. The van der Waals surface area contributed by atoms with Crippen LogP contribution < -0.4 is 0 Å². The van der Waals surface area contributed by atoms with Crippen LogP contribution >= 0.6 is 11.6 Å². The van der Waals surface area contributed by atoms with Crippen molar-refractivity contribution in [2.45, 2.75) is 38.5 Å². The number of nitrogens with one attached hydrogen (secondary N) is 1. The molecule has 6 nitrogen and oxygen atoms in total. The van der Waals surface area contributed by atoms with Gasteiger partial charge in [-0.2, -0.15) is 0 Å². The van der Waals surface area contributed by atoms with Crippen molar-refractivity contribution in [3.8, 4) is 0 Å². The smallest absolute Gasteiger partial charge is 0.229 e. The van der Waals surface area contributed by atoms with Gasteiger partial charge in [0, 0.05) is 42.9 Å². The molecule has 1 saturated heterocycles. The third kappa shape index (κ3) is 3.16. The van der Waals surface area contributed by atoms with Gasteiger partial charge in [-0.25, -0.2) is 4.98 Å². The molecule has 1 aliphatic rings. The van der Waals surface area contributed by atoms with E-state index in [4.69, 9.17) is 16.1 Å². The molecular formula is C15H19ClN4O2. The number of imidazole rings is 1. The summed E-state index contributed by atoms with van der Waals surface area (Å²) in [5.74, 6) is 0.640. The maximum Gasteiger partial charge on any atom is 0.229 e. The Hall–Kier alpha value is -1.82. The predicted molar refractivity (Wildman–Crippen MR) is 81.7 cm³/mol. The van der Waals surface area contributed by atoms with Crippen LogP contribution in [0, 0.1) is 6.92 Å². The molecule has 0 unspecified atom stereocenters.